The van der Waals surface area contributed by atoms with Crippen LogP contribution >= 0.6 is 11.8 Å². The molecule has 0 unspecified atom stereocenters. The summed E-state index contributed by atoms with van der Waals surface area (Å²) in [5.74, 6) is 0. The third-order valence-electron chi connectivity index (χ3n) is 2.57. The second-order valence-corrected chi connectivity index (χ2v) is 4.56. The second-order valence-electron chi connectivity index (χ2n) is 3.47. The quantitative estimate of drug-likeness (QED) is 0.669. The van der Waals surface area contributed by atoms with Crippen molar-refractivity contribution in [3.8, 4) is 0 Å². The fourth-order valence-electron chi connectivity index (χ4n) is 1.80. The molecule has 0 bridgehead atoms. The average Bonchev–Trinajstić information content (AvgIpc) is 2.30. The van der Waals surface area contributed by atoms with E-state index in [0.717, 1.165) is 0 Å². The zero-order valence-electron chi connectivity index (χ0n) is 8.34. The Balaban J connectivity index is 2.20. The van der Waals surface area contributed by atoms with Gasteiger partial charge in [0.15, 0.2) is 0 Å². The summed E-state index contributed by atoms with van der Waals surface area (Å²) in [4.78, 5) is 8.88. The first-order valence-electron chi connectivity index (χ1n) is 4.81. The molecule has 0 amide bonds. The first-order chi connectivity index (χ1) is 7.36. The van der Waals surface area contributed by atoms with Gasteiger partial charge in [0.1, 0.15) is 0 Å². The highest BCUT2D eigenvalue weighted by Gasteiger charge is 2.19. The molecule has 0 radical (unpaired) electrons. The zero-order chi connectivity index (χ0) is 10.3. The SMILES string of the molecule is CN1c2ccccc2Sc2cnccc21. The van der Waals surface area contributed by atoms with Gasteiger partial charge in [-0.1, -0.05) is 23.9 Å². The number of pyridine rings is 1. The molecule has 0 saturated carbocycles. The molecule has 2 heterocycles. The summed E-state index contributed by atoms with van der Waals surface area (Å²) in [5.41, 5.74) is 2.50. The van der Waals surface area contributed by atoms with Gasteiger partial charge in [-0.15, -0.1) is 0 Å². The molecule has 2 nitrogen and oxygen atoms in total. The largest absolute Gasteiger partial charge is 0.343 e. The molecule has 74 valence electrons. The predicted octanol–water partition coefficient (Wildman–Crippen LogP) is 3.31. The van der Waals surface area contributed by atoms with Gasteiger partial charge in [0, 0.05) is 24.3 Å². The van der Waals surface area contributed by atoms with Crippen LogP contribution in [0.4, 0.5) is 11.4 Å². The van der Waals surface area contributed by atoms with Crippen molar-refractivity contribution < 1.29 is 0 Å². The molecule has 1 aromatic carbocycles. The molecule has 0 saturated heterocycles. The molecule has 0 N–H and O–H groups in total. The maximum atomic E-state index is 4.16. The lowest BCUT2D eigenvalue weighted by molar-refractivity contribution is 1.08. The van der Waals surface area contributed by atoms with E-state index in [4.69, 9.17) is 0 Å². The summed E-state index contributed by atoms with van der Waals surface area (Å²) in [7, 11) is 2.09. The van der Waals surface area contributed by atoms with E-state index < -0.39 is 0 Å². The van der Waals surface area contributed by atoms with Crippen molar-refractivity contribution in [2.24, 2.45) is 0 Å². The molecule has 0 aliphatic carbocycles. The third kappa shape index (κ3) is 1.31. The van der Waals surface area contributed by atoms with Gasteiger partial charge in [-0.05, 0) is 18.2 Å². The number of benzene rings is 1. The summed E-state index contributed by atoms with van der Waals surface area (Å²) in [6.07, 6.45) is 3.76. The van der Waals surface area contributed by atoms with Gasteiger partial charge in [0.2, 0.25) is 0 Å². The highest BCUT2D eigenvalue weighted by Crippen LogP contribution is 2.46. The first kappa shape index (κ1) is 8.80. The van der Waals surface area contributed by atoms with Crippen LogP contribution in [-0.4, -0.2) is 12.0 Å². The number of anilines is 2. The van der Waals surface area contributed by atoms with Gasteiger partial charge in [0.25, 0.3) is 0 Å². The minimum Gasteiger partial charge on any atom is -0.343 e. The van der Waals surface area contributed by atoms with Crippen molar-refractivity contribution in [3.63, 3.8) is 0 Å². The standard InChI is InChI=1S/C12H10N2S/c1-14-9-4-2-3-5-11(9)15-12-8-13-7-6-10(12)14/h2-8H,1H3. The summed E-state index contributed by atoms with van der Waals surface area (Å²) in [6, 6.07) is 10.5. The Bertz CT molecular complexity index is 465. The number of para-hydroxylation sites is 1. The van der Waals surface area contributed by atoms with Gasteiger partial charge >= 0.3 is 0 Å². The lowest BCUT2D eigenvalue weighted by atomic mass is 10.2. The molecule has 1 aliphatic rings. The van der Waals surface area contributed by atoms with Crippen molar-refractivity contribution in [3.05, 3.63) is 42.7 Å². The van der Waals surface area contributed by atoms with Gasteiger partial charge in [0.05, 0.1) is 16.3 Å². The first-order valence-corrected chi connectivity index (χ1v) is 5.62. The predicted molar refractivity (Wildman–Crippen MR) is 62.9 cm³/mol. The van der Waals surface area contributed by atoms with Crippen molar-refractivity contribution >= 4 is 23.1 Å². The summed E-state index contributed by atoms with van der Waals surface area (Å²) >= 11 is 1.78. The van der Waals surface area contributed by atoms with Crippen LogP contribution in [0.15, 0.2) is 52.5 Å². The Kier molecular flexibility index (Phi) is 1.92. The minimum atomic E-state index is 1.22. The Labute approximate surface area is 93.0 Å². The molecule has 0 spiro atoms. The molecule has 3 rings (SSSR count). The maximum absolute atomic E-state index is 4.16. The number of fused-ring (bicyclic) bond motifs is 2. The van der Waals surface area contributed by atoms with E-state index in [1.807, 2.05) is 12.4 Å². The number of rotatable bonds is 0. The maximum Gasteiger partial charge on any atom is 0.0581 e. The van der Waals surface area contributed by atoms with Crippen LogP contribution in [-0.2, 0) is 0 Å². The Morgan fingerprint density at radius 3 is 2.80 bits per heavy atom. The average molecular weight is 214 g/mol. The Morgan fingerprint density at radius 1 is 1.07 bits per heavy atom. The van der Waals surface area contributed by atoms with Crippen molar-refractivity contribution in [1.82, 2.24) is 4.98 Å². The van der Waals surface area contributed by atoms with Crippen LogP contribution in [0.1, 0.15) is 0 Å². The van der Waals surface area contributed by atoms with Gasteiger partial charge in [-0.3, -0.25) is 4.98 Å². The summed E-state index contributed by atoms with van der Waals surface area (Å²) in [5, 5.41) is 0. The van der Waals surface area contributed by atoms with E-state index in [1.165, 1.54) is 21.2 Å². The molecule has 3 heteroatoms. The lowest BCUT2D eigenvalue weighted by Crippen LogP contribution is -2.14. The molecular formula is C12H10N2S. The molecular weight excluding hydrogens is 204 g/mol. The third-order valence-corrected chi connectivity index (χ3v) is 3.67. The number of hydrogen-bond acceptors (Lipinski definition) is 3. The minimum absolute atomic E-state index is 1.22. The second kappa shape index (κ2) is 3.28. The summed E-state index contributed by atoms with van der Waals surface area (Å²) in [6.45, 7) is 0. The van der Waals surface area contributed by atoms with Gasteiger partial charge in [-0.25, -0.2) is 0 Å². The lowest BCUT2D eigenvalue weighted by Gasteiger charge is -2.28. The van der Waals surface area contributed by atoms with E-state index in [2.05, 4.69) is 47.3 Å². The molecule has 1 aromatic heterocycles. The van der Waals surface area contributed by atoms with Gasteiger partial charge in [-0.2, -0.15) is 0 Å². The van der Waals surface area contributed by atoms with E-state index >= 15 is 0 Å². The number of hydrogen-bond donors (Lipinski definition) is 0. The molecule has 0 fully saturated rings. The van der Waals surface area contributed by atoms with E-state index in [1.54, 1.807) is 11.8 Å². The Hall–Kier alpha value is -1.48. The fraction of sp³-hybridized carbons (Fsp3) is 0.0833. The van der Waals surface area contributed by atoms with Crippen molar-refractivity contribution in [2.45, 2.75) is 9.79 Å². The molecule has 1 aliphatic heterocycles. The highest BCUT2D eigenvalue weighted by molar-refractivity contribution is 7.99. The normalized spacial score (nSPS) is 13.3. The van der Waals surface area contributed by atoms with Crippen LogP contribution in [0.2, 0.25) is 0 Å². The van der Waals surface area contributed by atoms with Crippen LogP contribution < -0.4 is 4.90 Å². The Morgan fingerprint density at radius 2 is 1.87 bits per heavy atom. The fourth-order valence-corrected chi connectivity index (χ4v) is 2.91. The molecule has 0 atom stereocenters. The van der Waals surface area contributed by atoms with E-state index in [0.29, 0.717) is 0 Å². The summed E-state index contributed by atoms with van der Waals surface area (Å²) < 4.78 is 0. The van der Waals surface area contributed by atoms with Gasteiger partial charge < -0.3 is 4.90 Å². The highest BCUT2D eigenvalue weighted by atomic mass is 32.2. The van der Waals surface area contributed by atoms with Crippen molar-refractivity contribution in [1.29, 1.82) is 0 Å². The topological polar surface area (TPSA) is 16.1 Å². The van der Waals surface area contributed by atoms with Crippen LogP contribution in [0.5, 0.6) is 0 Å². The van der Waals surface area contributed by atoms with Crippen LogP contribution in [0.3, 0.4) is 0 Å². The monoisotopic (exact) mass is 214 g/mol. The number of nitrogens with zero attached hydrogens (tertiary/aromatic N) is 2. The number of aromatic nitrogens is 1. The van der Waals surface area contributed by atoms with Crippen LogP contribution in [0.25, 0.3) is 0 Å². The molecule has 15 heavy (non-hydrogen) atoms. The zero-order valence-corrected chi connectivity index (χ0v) is 9.16. The molecule has 2 aromatic rings. The van der Waals surface area contributed by atoms with Crippen molar-refractivity contribution in [2.75, 3.05) is 11.9 Å². The van der Waals surface area contributed by atoms with E-state index in [-0.39, 0.29) is 0 Å². The van der Waals surface area contributed by atoms with Crippen LogP contribution in [0, 0.1) is 0 Å². The van der Waals surface area contributed by atoms with E-state index in [9.17, 15) is 0 Å². The smallest absolute Gasteiger partial charge is 0.0581 e.